The lowest BCUT2D eigenvalue weighted by Crippen LogP contribution is -2.37. The Hall–Kier alpha value is -0.900. The van der Waals surface area contributed by atoms with Crippen LogP contribution in [0.3, 0.4) is 0 Å². The van der Waals surface area contributed by atoms with Crippen LogP contribution < -0.4 is 11.3 Å². The van der Waals surface area contributed by atoms with Crippen molar-refractivity contribution in [1.82, 2.24) is 5.43 Å². The van der Waals surface area contributed by atoms with Crippen LogP contribution in [-0.4, -0.2) is 19.3 Å². The topological polar surface area (TPSA) is 47.3 Å². The molecule has 3 N–H and O–H groups in total. The molecule has 0 bridgehead atoms. The molecule has 1 aromatic rings. The quantitative estimate of drug-likeness (QED) is 0.577. The molecule has 0 aliphatic carbocycles. The smallest absolute Gasteiger partial charge is 0.0543 e. The van der Waals surface area contributed by atoms with Crippen LogP contribution in [0.15, 0.2) is 18.2 Å². The van der Waals surface area contributed by atoms with Gasteiger partial charge < -0.3 is 4.74 Å². The van der Waals surface area contributed by atoms with Crippen LogP contribution in [0.2, 0.25) is 0 Å². The number of hydrogen-bond acceptors (Lipinski definition) is 3. The van der Waals surface area contributed by atoms with Crippen molar-refractivity contribution in [2.75, 3.05) is 7.11 Å². The highest BCUT2D eigenvalue weighted by Gasteiger charge is 2.12. The van der Waals surface area contributed by atoms with Crippen molar-refractivity contribution in [2.45, 2.75) is 52.2 Å². The molecule has 0 heterocycles. The van der Waals surface area contributed by atoms with E-state index in [9.17, 15) is 0 Å². The lowest BCUT2D eigenvalue weighted by molar-refractivity contribution is 0.106. The number of hydrazine groups is 1. The van der Waals surface area contributed by atoms with E-state index < -0.39 is 0 Å². The van der Waals surface area contributed by atoms with Crippen molar-refractivity contribution in [1.29, 1.82) is 0 Å². The Labute approximate surface area is 111 Å². The van der Waals surface area contributed by atoms with Crippen LogP contribution in [0.1, 0.15) is 36.5 Å². The van der Waals surface area contributed by atoms with E-state index in [0.717, 1.165) is 19.3 Å². The Kier molecular flexibility index (Phi) is 6.33. The lowest BCUT2D eigenvalue weighted by Gasteiger charge is -2.20. The molecule has 0 fully saturated rings. The van der Waals surface area contributed by atoms with Crippen LogP contribution in [0.25, 0.3) is 0 Å². The molecule has 3 heteroatoms. The van der Waals surface area contributed by atoms with Crippen molar-refractivity contribution in [2.24, 2.45) is 5.84 Å². The monoisotopic (exact) mass is 250 g/mol. The molecule has 0 amide bonds. The zero-order valence-corrected chi connectivity index (χ0v) is 12.0. The molecule has 0 spiro atoms. The largest absolute Gasteiger partial charge is 0.382 e. The third-order valence-corrected chi connectivity index (χ3v) is 3.65. The third-order valence-electron chi connectivity index (χ3n) is 3.65. The summed E-state index contributed by atoms with van der Waals surface area (Å²) in [5, 5.41) is 0. The van der Waals surface area contributed by atoms with E-state index in [1.54, 1.807) is 7.11 Å². The highest BCUT2D eigenvalue weighted by Crippen LogP contribution is 2.17. The molecule has 18 heavy (non-hydrogen) atoms. The zero-order valence-electron chi connectivity index (χ0n) is 12.0. The van der Waals surface area contributed by atoms with Gasteiger partial charge in [-0.2, -0.15) is 0 Å². The number of ether oxygens (including phenoxy) is 1. The second-order valence-electron chi connectivity index (χ2n) is 5.06. The third kappa shape index (κ3) is 4.41. The summed E-state index contributed by atoms with van der Waals surface area (Å²) in [6, 6.07) is 6.73. The second-order valence-corrected chi connectivity index (χ2v) is 5.06. The minimum absolute atomic E-state index is 0.291. The van der Waals surface area contributed by atoms with Crippen molar-refractivity contribution in [3.63, 3.8) is 0 Å². The summed E-state index contributed by atoms with van der Waals surface area (Å²) in [6.07, 6.45) is 3.32. The van der Waals surface area contributed by atoms with Gasteiger partial charge in [0.2, 0.25) is 0 Å². The fourth-order valence-corrected chi connectivity index (χ4v) is 2.22. The van der Waals surface area contributed by atoms with E-state index in [0.29, 0.717) is 12.1 Å². The SMILES string of the molecule is COC(C)CCC(Cc1c(C)cccc1C)NN. The standard InChI is InChI=1S/C15H26N2O/c1-11-6-5-7-12(2)15(11)10-14(17-16)9-8-13(3)18-4/h5-7,13-14,17H,8-10,16H2,1-4H3. The average Bonchev–Trinajstić information content (AvgIpc) is 2.37. The predicted octanol–water partition coefficient (Wildman–Crippen LogP) is 2.49. The first-order valence-corrected chi connectivity index (χ1v) is 6.62. The highest BCUT2D eigenvalue weighted by atomic mass is 16.5. The molecule has 2 atom stereocenters. The van der Waals surface area contributed by atoms with Gasteiger partial charge in [-0.3, -0.25) is 11.3 Å². The number of methoxy groups -OCH3 is 1. The van der Waals surface area contributed by atoms with Crippen LogP contribution in [-0.2, 0) is 11.2 Å². The first-order valence-electron chi connectivity index (χ1n) is 6.62. The number of nitrogens with one attached hydrogen (secondary N) is 1. The minimum Gasteiger partial charge on any atom is -0.382 e. The van der Waals surface area contributed by atoms with Gasteiger partial charge >= 0.3 is 0 Å². The zero-order chi connectivity index (χ0) is 13.5. The molecule has 1 rings (SSSR count). The van der Waals surface area contributed by atoms with Gasteiger partial charge in [0.05, 0.1) is 6.10 Å². The molecule has 3 nitrogen and oxygen atoms in total. The number of nitrogens with two attached hydrogens (primary N) is 1. The maximum absolute atomic E-state index is 5.66. The van der Waals surface area contributed by atoms with Gasteiger partial charge in [-0.15, -0.1) is 0 Å². The molecular weight excluding hydrogens is 224 g/mol. The summed E-state index contributed by atoms with van der Waals surface area (Å²) >= 11 is 0. The van der Waals surface area contributed by atoms with Crippen LogP contribution >= 0.6 is 0 Å². The molecule has 102 valence electrons. The Bertz CT molecular complexity index is 345. The van der Waals surface area contributed by atoms with E-state index in [-0.39, 0.29) is 0 Å². The molecule has 0 aliphatic rings. The van der Waals surface area contributed by atoms with Gasteiger partial charge in [0, 0.05) is 13.2 Å². The summed E-state index contributed by atoms with van der Waals surface area (Å²) in [4.78, 5) is 0. The average molecular weight is 250 g/mol. The van der Waals surface area contributed by atoms with Crippen molar-refractivity contribution in [3.05, 3.63) is 34.9 Å². The summed E-state index contributed by atoms with van der Waals surface area (Å²) in [5.41, 5.74) is 7.02. The highest BCUT2D eigenvalue weighted by molar-refractivity contribution is 5.34. The normalized spacial score (nSPS) is 14.5. The van der Waals surface area contributed by atoms with E-state index in [4.69, 9.17) is 10.6 Å². The molecule has 0 radical (unpaired) electrons. The molecule has 2 unspecified atom stereocenters. The molecular formula is C15H26N2O. The van der Waals surface area contributed by atoms with Crippen molar-refractivity contribution in [3.8, 4) is 0 Å². The number of hydrogen-bond donors (Lipinski definition) is 2. The molecule has 0 saturated carbocycles. The summed E-state index contributed by atoms with van der Waals surface area (Å²) in [6.45, 7) is 6.41. The Balaban J connectivity index is 2.62. The first kappa shape index (κ1) is 15.2. The van der Waals surface area contributed by atoms with E-state index >= 15 is 0 Å². The van der Waals surface area contributed by atoms with E-state index in [2.05, 4.69) is 44.4 Å². The van der Waals surface area contributed by atoms with E-state index in [1.165, 1.54) is 16.7 Å². The Morgan fingerprint density at radius 3 is 2.33 bits per heavy atom. The van der Waals surface area contributed by atoms with Crippen LogP contribution in [0.5, 0.6) is 0 Å². The fraction of sp³-hybridized carbons (Fsp3) is 0.600. The fourth-order valence-electron chi connectivity index (χ4n) is 2.22. The van der Waals surface area contributed by atoms with Crippen LogP contribution in [0, 0.1) is 13.8 Å². The van der Waals surface area contributed by atoms with Gasteiger partial charge in [-0.1, -0.05) is 18.2 Å². The Morgan fingerprint density at radius 1 is 1.22 bits per heavy atom. The summed E-state index contributed by atoms with van der Waals surface area (Å²) < 4.78 is 5.27. The van der Waals surface area contributed by atoms with Crippen molar-refractivity contribution >= 4 is 0 Å². The molecule has 0 aliphatic heterocycles. The summed E-state index contributed by atoms with van der Waals surface area (Å²) in [7, 11) is 1.75. The van der Waals surface area contributed by atoms with Gasteiger partial charge in [0.15, 0.2) is 0 Å². The minimum atomic E-state index is 0.291. The van der Waals surface area contributed by atoms with Crippen LogP contribution in [0.4, 0.5) is 0 Å². The number of rotatable bonds is 7. The van der Waals surface area contributed by atoms with Crippen molar-refractivity contribution < 1.29 is 4.74 Å². The van der Waals surface area contributed by atoms with Gasteiger partial charge in [-0.05, 0) is 56.7 Å². The number of benzene rings is 1. The molecule has 0 aromatic heterocycles. The maximum atomic E-state index is 5.66. The lowest BCUT2D eigenvalue weighted by atomic mass is 9.94. The summed E-state index contributed by atoms with van der Waals surface area (Å²) in [5.74, 6) is 5.66. The van der Waals surface area contributed by atoms with Gasteiger partial charge in [0.25, 0.3) is 0 Å². The first-order chi connectivity index (χ1) is 8.58. The number of aryl methyl sites for hydroxylation is 2. The van der Waals surface area contributed by atoms with Gasteiger partial charge in [0.1, 0.15) is 0 Å². The van der Waals surface area contributed by atoms with Gasteiger partial charge in [-0.25, -0.2) is 0 Å². The maximum Gasteiger partial charge on any atom is 0.0543 e. The molecule has 1 aromatic carbocycles. The predicted molar refractivity (Wildman–Crippen MR) is 76.4 cm³/mol. The molecule has 0 saturated heterocycles. The second kappa shape index (κ2) is 7.52. The Morgan fingerprint density at radius 2 is 1.83 bits per heavy atom. The van der Waals surface area contributed by atoms with E-state index in [1.807, 2.05) is 0 Å².